The van der Waals surface area contributed by atoms with E-state index in [0.717, 1.165) is 18.0 Å². The topological polar surface area (TPSA) is 84.5 Å². The number of rotatable bonds is 2. The lowest BCUT2D eigenvalue weighted by Gasteiger charge is -2.19. The molecule has 0 spiro atoms. The number of aliphatic imine (C=N–C) groups is 1. The number of sulfonamides is 1. The molecule has 20 heavy (non-hydrogen) atoms. The minimum absolute atomic E-state index is 0.0744. The third-order valence-corrected chi connectivity index (χ3v) is 4.38. The normalized spacial score (nSPS) is 15.3. The molecule has 0 fully saturated rings. The third-order valence-electron chi connectivity index (χ3n) is 2.54. The first kappa shape index (κ1) is 15.1. The van der Waals surface area contributed by atoms with E-state index in [9.17, 15) is 21.6 Å². The van der Waals surface area contributed by atoms with Crippen molar-refractivity contribution >= 4 is 33.5 Å². The van der Waals surface area contributed by atoms with Gasteiger partial charge in [-0.2, -0.15) is 13.2 Å². The molecule has 0 saturated heterocycles. The van der Waals surface area contributed by atoms with Crippen LogP contribution in [0.5, 0.6) is 0 Å². The van der Waals surface area contributed by atoms with E-state index in [1.165, 1.54) is 0 Å². The van der Waals surface area contributed by atoms with Crippen LogP contribution in [0.25, 0.3) is 0 Å². The standard InChI is InChI=1S/C10H10F3N3O2S2/c1-2-9-15-6-3-5(10(11,12)13)8(20(14,17)18)4-7(6)19-16-9/h3-4H,2H2,1H3,(H,15,16)(H2,14,17,18). The van der Waals surface area contributed by atoms with Crippen molar-refractivity contribution in [3.8, 4) is 0 Å². The molecule has 1 heterocycles. The summed E-state index contributed by atoms with van der Waals surface area (Å²) in [6.07, 6.45) is -4.31. The fourth-order valence-electron chi connectivity index (χ4n) is 1.61. The molecule has 0 unspecified atom stereocenters. The molecule has 3 N–H and O–H groups in total. The van der Waals surface area contributed by atoms with Crippen molar-refractivity contribution in [2.75, 3.05) is 0 Å². The Labute approximate surface area is 117 Å². The summed E-state index contributed by atoms with van der Waals surface area (Å²) in [5.41, 5.74) is -1.23. The quantitative estimate of drug-likeness (QED) is 0.818. The Morgan fingerprint density at radius 3 is 2.55 bits per heavy atom. The molecule has 0 amide bonds. The number of alkyl halides is 3. The summed E-state index contributed by atoms with van der Waals surface area (Å²) < 4.78 is 64.3. The fraction of sp³-hybridized carbons (Fsp3) is 0.300. The van der Waals surface area contributed by atoms with Gasteiger partial charge in [-0.3, -0.25) is 0 Å². The number of primary sulfonamides is 1. The predicted molar refractivity (Wildman–Crippen MR) is 69.2 cm³/mol. The summed E-state index contributed by atoms with van der Waals surface area (Å²) in [5, 5.41) is 4.85. The van der Waals surface area contributed by atoms with Crippen molar-refractivity contribution in [1.29, 1.82) is 0 Å². The van der Waals surface area contributed by atoms with E-state index in [-0.39, 0.29) is 10.6 Å². The van der Waals surface area contributed by atoms with E-state index in [0.29, 0.717) is 18.3 Å². The molecule has 0 radical (unpaired) electrons. The second-order valence-corrected chi connectivity index (χ2v) is 6.35. The summed E-state index contributed by atoms with van der Waals surface area (Å²) in [4.78, 5) is 3.34. The van der Waals surface area contributed by atoms with E-state index >= 15 is 0 Å². The van der Waals surface area contributed by atoms with Crippen molar-refractivity contribution in [3.05, 3.63) is 17.7 Å². The molecular weight excluding hydrogens is 315 g/mol. The molecule has 110 valence electrons. The molecule has 0 aliphatic carbocycles. The Balaban J connectivity index is 2.72. The Morgan fingerprint density at radius 2 is 2.05 bits per heavy atom. The van der Waals surface area contributed by atoms with Crippen LogP contribution in [-0.4, -0.2) is 14.3 Å². The minimum Gasteiger partial charge on any atom is -0.314 e. The van der Waals surface area contributed by atoms with Crippen LogP contribution in [0.2, 0.25) is 0 Å². The summed E-state index contributed by atoms with van der Waals surface area (Å²) in [6, 6.07) is 1.60. The van der Waals surface area contributed by atoms with Gasteiger partial charge in [0.1, 0.15) is 5.84 Å². The molecule has 0 saturated carbocycles. The van der Waals surface area contributed by atoms with Gasteiger partial charge in [-0.25, -0.2) is 18.5 Å². The van der Waals surface area contributed by atoms with Gasteiger partial charge in [0.2, 0.25) is 10.0 Å². The van der Waals surface area contributed by atoms with Crippen LogP contribution in [0.3, 0.4) is 0 Å². The molecule has 5 nitrogen and oxygen atoms in total. The SMILES string of the molecule is CCC1=Nc2cc(C(F)(F)F)c(S(N)(=O)=O)cc2SN1. The number of amidine groups is 1. The highest BCUT2D eigenvalue weighted by Crippen LogP contribution is 2.41. The maximum atomic E-state index is 12.9. The summed E-state index contributed by atoms with van der Waals surface area (Å²) >= 11 is 1.00. The van der Waals surface area contributed by atoms with Gasteiger partial charge >= 0.3 is 6.18 Å². The molecule has 1 aromatic rings. The first-order valence-electron chi connectivity index (χ1n) is 5.41. The maximum absolute atomic E-state index is 12.9. The molecule has 1 aliphatic rings. The molecule has 0 bridgehead atoms. The maximum Gasteiger partial charge on any atom is 0.417 e. The van der Waals surface area contributed by atoms with Crippen LogP contribution in [0.1, 0.15) is 18.9 Å². The monoisotopic (exact) mass is 325 g/mol. The van der Waals surface area contributed by atoms with Gasteiger partial charge in [0, 0.05) is 6.42 Å². The highest BCUT2D eigenvalue weighted by molar-refractivity contribution is 7.98. The largest absolute Gasteiger partial charge is 0.417 e. The van der Waals surface area contributed by atoms with Gasteiger partial charge in [0.15, 0.2) is 0 Å². The average molecular weight is 325 g/mol. The van der Waals surface area contributed by atoms with Crippen LogP contribution in [0.4, 0.5) is 18.9 Å². The van der Waals surface area contributed by atoms with Gasteiger partial charge in [-0.1, -0.05) is 6.92 Å². The lowest BCUT2D eigenvalue weighted by Crippen LogP contribution is -2.21. The molecule has 2 rings (SSSR count). The second-order valence-electron chi connectivity index (χ2n) is 3.98. The van der Waals surface area contributed by atoms with Crippen LogP contribution in [0, 0.1) is 0 Å². The zero-order chi connectivity index (χ0) is 15.1. The summed E-state index contributed by atoms with van der Waals surface area (Å²) in [5.74, 6) is 0.513. The van der Waals surface area contributed by atoms with Crippen molar-refractivity contribution in [2.24, 2.45) is 10.1 Å². The average Bonchev–Trinajstić information content (AvgIpc) is 2.34. The van der Waals surface area contributed by atoms with Crippen molar-refractivity contribution in [1.82, 2.24) is 4.72 Å². The number of benzene rings is 1. The van der Waals surface area contributed by atoms with Crippen LogP contribution >= 0.6 is 11.9 Å². The van der Waals surface area contributed by atoms with Gasteiger partial charge in [-0.05, 0) is 24.1 Å². The highest BCUT2D eigenvalue weighted by atomic mass is 32.2. The number of nitrogens with two attached hydrogens (primary N) is 1. The highest BCUT2D eigenvalue weighted by Gasteiger charge is 2.38. The van der Waals surface area contributed by atoms with Gasteiger partial charge in [0.05, 0.1) is 21.0 Å². The molecular formula is C10H10F3N3O2S2. The number of nitrogens with zero attached hydrogens (tertiary/aromatic N) is 1. The third kappa shape index (κ3) is 2.91. The fourth-order valence-corrected chi connectivity index (χ4v) is 3.25. The van der Waals surface area contributed by atoms with Crippen molar-refractivity contribution in [2.45, 2.75) is 29.3 Å². The number of nitrogens with one attached hydrogen (secondary N) is 1. The minimum atomic E-state index is -4.83. The number of halogens is 3. The van der Waals surface area contributed by atoms with Gasteiger partial charge < -0.3 is 4.72 Å². The van der Waals surface area contributed by atoms with Crippen molar-refractivity contribution < 1.29 is 21.6 Å². The second kappa shape index (κ2) is 4.93. The Hall–Kier alpha value is -1.26. The number of hydrogen-bond donors (Lipinski definition) is 2. The van der Waals surface area contributed by atoms with Crippen LogP contribution in [-0.2, 0) is 16.2 Å². The predicted octanol–water partition coefficient (Wildman–Crippen LogP) is 2.40. The number of fused-ring (bicyclic) bond motifs is 1. The molecule has 1 aliphatic heterocycles. The molecule has 0 aromatic heterocycles. The Kier molecular flexibility index (Phi) is 3.73. The summed E-state index contributed by atoms with van der Waals surface area (Å²) in [7, 11) is -4.48. The first-order valence-corrected chi connectivity index (χ1v) is 7.77. The summed E-state index contributed by atoms with van der Waals surface area (Å²) in [6.45, 7) is 1.79. The van der Waals surface area contributed by atoms with E-state index in [4.69, 9.17) is 5.14 Å². The number of hydrogen-bond acceptors (Lipinski definition) is 5. The van der Waals surface area contributed by atoms with Gasteiger partial charge in [0.25, 0.3) is 0 Å². The lowest BCUT2D eigenvalue weighted by molar-refractivity contribution is -0.139. The van der Waals surface area contributed by atoms with Gasteiger partial charge in [-0.15, -0.1) is 0 Å². The van der Waals surface area contributed by atoms with E-state index in [1.807, 2.05) is 0 Å². The van der Waals surface area contributed by atoms with E-state index in [1.54, 1.807) is 6.92 Å². The zero-order valence-electron chi connectivity index (χ0n) is 10.2. The van der Waals surface area contributed by atoms with E-state index < -0.39 is 26.7 Å². The van der Waals surface area contributed by atoms with Crippen molar-refractivity contribution in [3.63, 3.8) is 0 Å². The Bertz CT molecular complexity index is 684. The first-order chi connectivity index (χ1) is 9.13. The molecule has 10 heteroatoms. The zero-order valence-corrected chi connectivity index (χ0v) is 11.8. The smallest absolute Gasteiger partial charge is 0.314 e. The molecule has 0 atom stereocenters. The van der Waals surface area contributed by atoms with E-state index in [2.05, 4.69) is 9.71 Å². The Morgan fingerprint density at radius 1 is 1.40 bits per heavy atom. The lowest BCUT2D eigenvalue weighted by atomic mass is 10.2. The molecule has 1 aromatic carbocycles. The van der Waals surface area contributed by atoms with Crippen LogP contribution < -0.4 is 9.86 Å². The van der Waals surface area contributed by atoms with Crippen LogP contribution in [0.15, 0.2) is 26.9 Å².